The summed E-state index contributed by atoms with van der Waals surface area (Å²) in [6.45, 7) is 1.21. The number of aromatic hydroxyl groups is 2. The minimum absolute atomic E-state index is 0.0909. The van der Waals surface area contributed by atoms with Gasteiger partial charge in [0.15, 0.2) is 5.78 Å². The molecule has 2 aliphatic rings. The Morgan fingerprint density at radius 2 is 1.81 bits per heavy atom. The van der Waals surface area contributed by atoms with E-state index in [1.807, 2.05) is 0 Å². The molecule has 4 N–H and O–H groups in total. The lowest BCUT2D eigenvalue weighted by Crippen LogP contribution is -2.47. The van der Waals surface area contributed by atoms with Gasteiger partial charge in [-0.05, 0) is 24.6 Å². The Morgan fingerprint density at radius 1 is 1.12 bits per heavy atom. The molecule has 9 heteroatoms. The summed E-state index contributed by atoms with van der Waals surface area (Å²) in [5.74, 6) is -5.56. The number of aliphatic hydroxyl groups is 2. The number of rotatable bonds is 3. The Bertz CT molecular complexity index is 1210. The summed E-state index contributed by atoms with van der Waals surface area (Å²) in [6.07, 6.45) is -2.52. The number of ketones is 3. The van der Waals surface area contributed by atoms with Crippen LogP contribution in [0, 0.1) is 0 Å². The van der Waals surface area contributed by atoms with E-state index >= 15 is 0 Å². The Balaban J connectivity index is 2.02. The number of aliphatic hydroxyl groups excluding tert-OH is 1. The lowest BCUT2D eigenvalue weighted by atomic mass is 9.66. The predicted octanol–water partition coefficient (Wildman–Crippen LogP) is 1.28. The molecule has 0 bridgehead atoms. The Morgan fingerprint density at radius 3 is 2.44 bits per heavy atom. The lowest BCUT2D eigenvalue weighted by Gasteiger charge is -2.42. The van der Waals surface area contributed by atoms with Crippen LogP contribution >= 0.6 is 0 Å². The van der Waals surface area contributed by atoms with E-state index in [0.717, 1.165) is 13.2 Å². The highest BCUT2D eigenvalue weighted by Gasteiger charge is 2.52. The first-order chi connectivity index (χ1) is 15.0. The number of carbonyl (C=O) groups excluding carboxylic acids is 4. The van der Waals surface area contributed by atoms with Crippen LogP contribution in [0.25, 0.3) is 0 Å². The third kappa shape index (κ3) is 2.93. The van der Waals surface area contributed by atoms with Crippen molar-refractivity contribution in [2.45, 2.75) is 37.4 Å². The van der Waals surface area contributed by atoms with Gasteiger partial charge >= 0.3 is 5.97 Å². The first-order valence-electron chi connectivity index (χ1n) is 9.80. The van der Waals surface area contributed by atoms with E-state index in [4.69, 9.17) is 4.74 Å². The molecule has 0 unspecified atom stereocenters. The summed E-state index contributed by atoms with van der Waals surface area (Å²) in [5, 5.41) is 43.0. The molecule has 9 nitrogen and oxygen atoms in total. The monoisotopic (exact) mass is 440 g/mol. The zero-order valence-corrected chi connectivity index (χ0v) is 17.2. The molecule has 0 heterocycles. The molecule has 32 heavy (non-hydrogen) atoms. The van der Waals surface area contributed by atoms with Gasteiger partial charge in [-0.1, -0.05) is 12.1 Å². The van der Waals surface area contributed by atoms with Crippen molar-refractivity contribution in [3.8, 4) is 11.5 Å². The van der Waals surface area contributed by atoms with E-state index in [-0.39, 0.29) is 27.8 Å². The maximum Gasteiger partial charge on any atom is 0.316 e. The molecule has 0 amide bonds. The molecule has 166 valence electrons. The SMILES string of the molecule is COC(=O)[C@@H]1c2cc3c(c(O)c2[C@@H](O)C[C@]1(O)CC(C)=O)C(=O)c1c(O)cccc1C3=O. The molecule has 2 aromatic carbocycles. The van der Waals surface area contributed by atoms with Gasteiger partial charge in [-0.25, -0.2) is 0 Å². The second kappa shape index (κ2) is 7.25. The number of fused-ring (bicyclic) bond motifs is 3. The minimum Gasteiger partial charge on any atom is -0.507 e. The van der Waals surface area contributed by atoms with E-state index in [9.17, 15) is 39.6 Å². The molecular weight excluding hydrogens is 420 g/mol. The van der Waals surface area contributed by atoms with E-state index < -0.39 is 70.8 Å². The lowest BCUT2D eigenvalue weighted by molar-refractivity contribution is -0.154. The molecule has 4 rings (SSSR count). The van der Waals surface area contributed by atoms with Crippen molar-refractivity contribution in [2.24, 2.45) is 0 Å². The number of hydrogen-bond donors (Lipinski definition) is 4. The summed E-state index contributed by atoms with van der Waals surface area (Å²) in [6, 6.07) is 5.11. The molecule has 0 radical (unpaired) electrons. The molecule has 0 aromatic heterocycles. The number of Topliss-reactive ketones (excluding diaryl/α,β-unsaturated/α-hetero) is 1. The van der Waals surface area contributed by atoms with Crippen molar-refractivity contribution in [1.29, 1.82) is 0 Å². The van der Waals surface area contributed by atoms with E-state index in [1.165, 1.54) is 25.1 Å². The van der Waals surface area contributed by atoms with Gasteiger partial charge in [-0.2, -0.15) is 0 Å². The van der Waals surface area contributed by atoms with Crippen molar-refractivity contribution in [2.75, 3.05) is 7.11 Å². The topological polar surface area (TPSA) is 158 Å². The fourth-order valence-corrected chi connectivity index (χ4v) is 4.85. The summed E-state index contributed by atoms with van der Waals surface area (Å²) in [4.78, 5) is 50.7. The van der Waals surface area contributed by atoms with Crippen LogP contribution in [0.15, 0.2) is 24.3 Å². The summed E-state index contributed by atoms with van der Waals surface area (Å²) >= 11 is 0. The van der Waals surface area contributed by atoms with Gasteiger partial charge in [0.2, 0.25) is 5.78 Å². The fourth-order valence-electron chi connectivity index (χ4n) is 4.85. The van der Waals surface area contributed by atoms with Crippen molar-refractivity contribution in [1.82, 2.24) is 0 Å². The van der Waals surface area contributed by atoms with E-state index in [0.29, 0.717) is 0 Å². The van der Waals surface area contributed by atoms with Gasteiger partial charge in [-0.15, -0.1) is 0 Å². The summed E-state index contributed by atoms with van der Waals surface area (Å²) in [7, 11) is 1.08. The van der Waals surface area contributed by atoms with Crippen molar-refractivity contribution >= 4 is 23.3 Å². The minimum atomic E-state index is -2.04. The highest BCUT2D eigenvalue weighted by molar-refractivity contribution is 6.30. The maximum absolute atomic E-state index is 13.1. The molecule has 0 saturated carbocycles. The number of hydrogen-bond acceptors (Lipinski definition) is 9. The predicted molar refractivity (Wildman–Crippen MR) is 108 cm³/mol. The molecule has 0 saturated heterocycles. The number of methoxy groups -OCH3 is 1. The summed E-state index contributed by atoms with van der Waals surface area (Å²) < 4.78 is 4.80. The van der Waals surface area contributed by atoms with Crippen LogP contribution in [0.4, 0.5) is 0 Å². The third-order valence-electron chi connectivity index (χ3n) is 6.08. The van der Waals surface area contributed by atoms with E-state index in [1.54, 1.807) is 0 Å². The number of phenolic OH excluding ortho intramolecular Hbond substituents is 2. The second-order valence-corrected chi connectivity index (χ2v) is 8.17. The van der Waals surface area contributed by atoms with Crippen LogP contribution in [0.5, 0.6) is 11.5 Å². The smallest absolute Gasteiger partial charge is 0.316 e. The van der Waals surface area contributed by atoms with Crippen LogP contribution < -0.4 is 0 Å². The van der Waals surface area contributed by atoms with Gasteiger partial charge in [0.1, 0.15) is 23.2 Å². The maximum atomic E-state index is 13.1. The molecule has 0 spiro atoms. The van der Waals surface area contributed by atoms with Gasteiger partial charge in [0, 0.05) is 29.5 Å². The van der Waals surface area contributed by atoms with Crippen LogP contribution in [0.1, 0.15) is 74.8 Å². The average molecular weight is 440 g/mol. The number of carbonyl (C=O) groups is 4. The van der Waals surface area contributed by atoms with Crippen LogP contribution in [-0.2, 0) is 14.3 Å². The Labute approximate surface area is 181 Å². The highest BCUT2D eigenvalue weighted by Crippen LogP contribution is 2.52. The first kappa shape index (κ1) is 21.7. The average Bonchev–Trinajstić information content (AvgIpc) is 2.70. The number of benzene rings is 2. The molecule has 0 aliphatic heterocycles. The molecule has 2 aliphatic carbocycles. The van der Waals surface area contributed by atoms with Crippen molar-refractivity contribution < 1.29 is 44.3 Å². The van der Waals surface area contributed by atoms with Crippen molar-refractivity contribution in [3.63, 3.8) is 0 Å². The standard InChI is InChI=1S/C23H20O9/c1-9(24)7-23(31)8-14(26)16-11(18(23)22(30)32-2)6-12-17(21(16)29)20(28)15-10(19(12)27)4-3-5-13(15)25/h3-6,14,18,25-26,29,31H,7-8H2,1-2H3/t14-,18-,23+/m0/s1. The molecule has 2 aromatic rings. The zero-order chi connectivity index (χ0) is 23.5. The van der Waals surface area contributed by atoms with Gasteiger partial charge in [-0.3, -0.25) is 19.2 Å². The fraction of sp³-hybridized carbons (Fsp3) is 0.304. The Kier molecular flexibility index (Phi) is 4.91. The van der Waals surface area contributed by atoms with E-state index in [2.05, 4.69) is 0 Å². The number of phenols is 2. The number of esters is 1. The van der Waals surface area contributed by atoms with Crippen LogP contribution in [0.2, 0.25) is 0 Å². The normalized spacial score (nSPS) is 23.8. The van der Waals surface area contributed by atoms with Crippen LogP contribution in [0.3, 0.4) is 0 Å². The molecular formula is C23H20O9. The Hall–Kier alpha value is -3.56. The van der Waals surface area contributed by atoms with Crippen molar-refractivity contribution in [3.05, 3.63) is 57.6 Å². The third-order valence-corrected chi connectivity index (χ3v) is 6.08. The quantitative estimate of drug-likeness (QED) is 0.440. The van der Waals surface area contributed by atoms with Gasteiger partial charge < -0.3 is 25.2 Å². The molecule has 3 atom stereocenters. The number of ether oxygens (including phenoxy) is 1. The first-order valence-corrected chi connectivity index (χ1v) is 9.80. The second-order valence-electron chi connectivity index (χ2n) is 8.17. The largest absolute Gasteiger partial charge is 0.507 e. The van der Waals surface area contributed by atoms with Gasteiger partial charge in [0.25, 0.3) is 0 Å². The van der Waals surface area contributed by atoms with Crippen LogP contribution in [-0.4, -0.2) is 56.5 Å². The highest BCUT2D eigenvalue weighted by atomic mass is 16.5. The van der Waals surface area contributed by atoms with Gasteiger partial charge in [0.05, 0.1) is 29.9 Å². The summed E-state index contributed by atoms with van der Waals surface area (Å²) in [5.41, 5.74) is -3.40. The molecule has 0 fully saturated rings. The zero-order valence-electron chi connectivity index (χ0n) is 17.2.